The largest absolute Gasteiger partial charge is 0.497 e. The van der Waals surface area contributed by atoms with Gasteiger partial charge < -0.3 is 10.1 Å². The van der Waals surface area contributed by atoms with Crippen LogP contribution in [0.3, 0.4) is 0 Å². The van der Waals surface area contributed by atoms with E-state index < -0.39 is 0 Å². The van der Waals surface area contributed by atoms with Crippen LogP contribution in [0, 0.1) is 0 Å². The first kappa shape index (κ1) is 15.1. The summed E-state index contributed by atoms with van der Waals surface area (Å²) in [5.41, 5.74) is 2.05. The maximum atomic E-state index is 5.14. The first-order valence-electron chi connectivity index (χ1n) is 5.77. The first-order chi connectivity index (χ1) is 8.83. The second-order valence-corrected chi connectivity index (χ2v) is 3.79. The Kier molecular flexibility index (Phi) is 5.90. The van der Waals surface area contributed by atoms with E-state index in [-0.39, 0.29) is 12.4 Å². The number of para-hydroxylation sites is 1. The third-order valence-corrected chi connectivity index (χ3v) is 2.62. The van der Waals surface area contributed by atoms with Crippen LogP contribution in [0.2, 0.25) is 0 Å². The summed E-state index contributed by atoms with van der Waals surface area (Å²) in [5.74, 6) is 1.68. The summed E-state index contributed by atoms with van der Waals surface area (Å²) in [7, 11) is 3.43. The Morgan fingerprint density at radius 1 is 1.00 bits per heavy atom. The number of halogens is 1. The summed E-state index contributed by atoms with van der Waals surface area (Å²) >= 11 is 0. The fraction of sp³-hybridized carbons (Fsp3) is 0.133. The second-order valence-electron chi connectivity index (χ2n) is 3.79. The van der Waals surface area contributed by atoms with Gasteiger partial charge in [-0.3, -0.25) is 4.99 Å². The summed E-state index contributed by atoms with van der Waals surface area (Å²) in [5, 5.41) is 3.29. The summed E-state index contributed by atoms with van der Waals surface area (Å²) < 4.78 is 5.14. The van der Waals surface area contributed by atoms with E-state index in [1.165, 1.54) is 0 Å². The van der Waals surface area contributed by atoms with E-state index in [9.17, 15) is 0 Å². The van der Waals surface area contributed by atoms with E-state index >= 15 is 0 Å². The number of hydrogen-bond donors (Lipinski definition) is 1. The van der Waals surface area contributed by atoms with Crippen LogP contribution in [0.5, 0.6) is 5.75 Å². The van der Waals surface area contributed by atoms with Crippen molar-refractivity contribution in [2.24, 2.45) is 4.99 Å². The molecule has 2 rings (SSSR count). The number of nitrogens with one attached hydrogen (secondary N) is 1. The lowest BCUT2D eigenvalue weighted by Crippen LogP contribution is -2.13. The van der Waals surface area contributed by atoms with E-state index in [4.69, 9.17) is 4.74 Å². The molecule has 2 aromatic carbocycles. The number of rotatable bonds is 3. The van der Waals surface area contributed by atoms with Crippen LogP contribution in [0.1, 0.15) is 5.56 Å². The molecule has 0 atom stereocenters. The minimum absolute atomic E-state index is 0. The molecular formula is C15H17ClN2O. The molecule has 0 unspecified atom stereocenters. The highest BCUT2D eigenvalue weighted by atomic mass is 35.5. The third-order valence-electron chi connectivity index (χ3n) is 2.62. The molecule has 4 heteroatoms. The summed E-state index contributed by atoms with van der Waals surface area (Å²) in [6, 6.07) is 17.8. The van der Waals surface area contributed by atoms with Crippen molar-refractivity contribution < 1.29 is 4.74 Å². The lowest BCUT2D eigenvalue weighted by molar-refractivity contribution is 0.415. The molecule has 0 aliphatic carbocycles. The molecule has 0 amide bonds. The highest BCUT2D eigenvalue weighted by Gasteiger charge is 2.03. The van der Waals surface area contributed by atoms with Gasteiger partial charge in [0.25, 0.3) is 0 Å². The van der Waals surface area contributed by atoms with Crippen molar-refractivity contribution in [2.75, 3.05) is 19.5 Å². The molecule has 3 nitrogen and oxygen atoms in total. The molecule has 0 aliphatic heterocycles. The van der Waals surface area contributed by atoms with Gasteiger partial charge >= 0.3 is 0 Å². The number of aliphatic imine (C=N–C) groups is 1. The van der Waals surface area contributed by atoms with Gasteiger partial charge in [-0.2, -0.15) is 0 Å². The smallest absolute Gasteiger partial charge is 0.132 e. The third kappa shape index (κ3) is 4.00. The molecule has 0 aromatic heterocycles. The van der Waals surface area contributed by atoms with Gasteiger partial charge in [0, 0.05) is 18.3 Å². The highest BCUT2D eigenvalue weighted by Crippen LogP contribution is 2.14. The zero-order valence-electron chi connectivity index (χ0n) is 11.0. The maximum Gasteiger partial charge on any atom is 0.132 e. The number of ether oxygens (including phenoxy) is 1. The molecule has 2 aromatic rings. The van der Waals surface area contributed by atoms with Crippen LogP contribution in [-0.4, -0.2) is 20.0 Å². The topological polar surface area (TPSA) is 33.6 Å². The Labute approximate surface area is 119 Å². The average Bonchev–Trinajstić information content (AvgIpc) is 2.46. The number of amidine groups is 1. The fourth-order valence-electron chi connectivity index (χ4n) is 1.66. The van der Waals surface area contributed by atoms with Crippen molar-refractivity contribution in [2.45, 2.75) is 0 Å². The van der Waals surface area contributed by atoms with Crippen molar-refractivity contribution in [3.8, 4) is 5.75 Å². The zero-order chi connectivity index (χ0) is 12.8. The Morgan fingerprint density at radius 2 is 1.63 bits per heavy atom. The van der Waals surface area contributed by atoms with Gasteiger partial charge in [0.1, 0.15) is 11.6 Å². The molecular weight excluding hydrogens is 260 g/mol. The quantitative estimate of drug-likeness (QED) is 0.686. The molecule has 0 bridgehead atoms. The van der Waals surface area contributed by atoms with Crippen LogP contribution in [-0.2, 0) is 0 Å². The van der Waals surface area contributed by atoms with E-state index in [0.29, 0.717) is 0 Å². The van der Waals surface area contributed by atoms with Gasteiger partial charge in [0.15, 0.2) is 0 Å². The molecule has 0 heterocycles. The van der Waals surface area contributed by atoms with Crippen LogP contribution in [0.25, 0.3) is 0 Å². The number of hydrogen-bond acceptors (Lipinski definition) is 2. The molecule has 0 radical (unpaired) electrons. The molecule has 100 valence electrons. The number of nitrogens with zero attached hydrogens (tertiary/aromatic N) is 1. The van der Waals surface area contributed by atoms with Crippen molar-refractivity contribution in [3.63, 3.8) is 0 Å². The van der Waals surface area contributed by atoms with E-state index in [1.807, 2.05) is 54.6 Å². The van der Waals surface area contributed by atoms with Gasteiger partial charge in [-0.25, -0.2) is 0 Å². The summed E-state index contributed by atoms with van der Waals surface area (Å²) in [4.78, 5) is 4.27. The number of benzene rings is 2. The Morgan fingerprint density at radius 3 is 2.16 bits per heavy atom. The van der Waals surface area contributed by atoms with Crippen molar-refractivity contribution in [1.82, 2.24) is 0 Å². The maximum absolute atomic E-state index is 5.14. The Hall–Kier alpha value is -2.00. The van der Waals surface area contributed by atoms with Crippen LogP contribution >= 0.6 is 12.4 Å². The van der Waals surface area contributed by atoms with Gasteiger partial charge in [0.2, 0.25) is 0 Å². The van der Waals surface area contributed by atoms with Gasteiger partial charge in [-0.1, -0.05) is 18.2 Å². The highest BCUT2D eigenvalue weighted by molar-refractivity contribution is 6.08. The first-order valence-corrected chi connectivity index (χ1v) is 5.77. The molecule has 0 fully saturated rings. The van der Waals surface area contributed by atoms with Crippen LogP contribution < -0.4 is 10.1 Å². The normalized spacial score (nSPS) is 10.5. The van der Waals surface area contributed by atoms with Crippen molar-refractivity contribution >= 4 is 23.9 Å². The van der Waals surface area contributed by atoms with Crippen molar-refractivity contribution in [3.05, 3.63) is 60.2 Å². The SMILES string of the molecule is CN=C(Nc1ccccc1)c1ccc(OC)cc1.Cl. The minimum atomic E-state index is 0. The molecule has 1 N–H and O–H groups in total. The van der Waals surface area contributed by atoms with Gasteiger partial charge in [-0.05, 0) is 36.4 Å². The van der Waals surface area contributed by atoms with Gasteiger partial charge in [0.05, 0.1) is 7.11 Å². The fourth-order valence-corrected chi connectivity index (χ4v) is 1.66. The predicted molar refractivity (Wildman–Crippen MR) is 82.8 cm³/mol. The Bertz CT molecular complexity index is 524. The predicted octanol–water partition coefficient (Wildman–Crippen LogP) is 3.61. The summed E-state index contributed by atoms with van der Waals surface area (Å²) in [6.07, 6.45) is 0. The van der Waals surface area contributed by atoms with Gasteiger partial charge in [-0.15, -0.1) is 12.4 Å². The molecule has 19 heavy (non-hydrogen) atoms. The number of methoxy groups -OCH3 is 1. The second kappa shape index (κ2) is 7.44. The van der Waals surface area contributed by atoms with E-state index in [0.717, 1.165) is 22.8 Å². The van der Waals surface area contributed by atoms with Crippen LogP contribution in [0.4, 0.5) is 5.69 Å². The summed E-state index contributed by atoms with van der Waals surface area (Å²) in [6.45, 7) is 0. The van der Waals surface area contributed by atoms with E-state index in [1.54, 1.807) is 14.2 Å². The molecule has 0 aliphatic rings. The van der Waals surface area contributed by atoms with Crippen molar-refractivity contribution in [1.29, 1.82) is 0 Å². The average molecular weight is 277 g/mol. The number of anilines is 1. The molecule has 0 saturated carbocycles. The molecule has 0 spiro atoms. The monoisotopic (exact) mass is 276 g/mol. The Balaban J connectivity index is 0.00000180. The molecule has 0 saturated heterocycles. The van der Waals surface area contributed by atoms with Crippen LogP contribution in [0.15, 0.2) is 59.6 Å². The minimum Gasteiger partial charge on any atom is -0.497 e. The van der Waals surface area contributed by atoms with E-state index in [2.05, 4.69) is 10.3 Å². The standard InChI is InChI=1S/C15H16N2O.ClH/c1-16-15(17-13-6-4-3-5-7-13)12-8-10-14(18-2)11-9-12;/h3-11H,1-2H3,(H,16,17);1H. The lowest BCUT2D eigenvalue weighted by atomic mass is 10.2. The zero-order valence-corrected chi connectivity index (χ0v) is 11.8. The lowest BCUT2D eigenvalue weighted by Gasteiger charge is -2.10.